The molecule has 1 aromatic carbocycles. The summed E-state index contributed by atoms with van der Waals surface area (Å²) in [6.45, 7) is 10.1. The lowest BCUT2D eigenvalue weighted by molar-refractivity contribution is -0.385. The molecule has 2 aromatic rings. The van der Waals surface area contributed by atoms with Gasteiger partial charge >= 0.3 is 0 Å². The molecular formula is C17H20N2O2. The first-order valence-electron chi connectivity index (χ1n) is 6.92. The average molecular weight is 284 g/mol. The highest BCUT2D eigenvalue weighted by atomic mass is 16.6. The van der Waals surface area contributed by atoms with Crippen LogP contribution < -0.4 is 0 Å². The second-order valence-corrected chi connectivity index (χ2v) is 6.39. The molecule has 2 rings (SSSR count). The van der Waals surface area contributed by atoms with Gasteiger partial charge in [0.2, 0.25) is 0 Å². The monoisotopic (exact) mass is 284 g/mol. The molecule has 0 atom stereocenters. The van der Waals surface area contributed by atoms with Crippen LogP contribution in [0.15, 0.2) is 30.5 Å². The molecule has 0 radical (unpaired) electrons. The Labute approximate surface area is 125 Å². The highest BCUT2D eigenvalue weighted by Gasteiger charge is 2.18. The van der Waals surface area contributed by atoms with E-state index in [0.29, 0.717) is 5.56 Å². The maximum absolute atomic E-state index is 11.1. The quantitative estimate of drug-likeness (QED) is 0.599. The molecule has 0 fully saturated rings. The average Bonchev–Trinajstić information content (AvgIpc) is 2.38. The summed E-state index contributed by atoms with van der Waals surface area (Å²) >= 11 is 0. The summed E-state index contributed by atoms with van der Waals surface area (Å²) in [5, 5.41) is 11.1. The number of nitrogens with zero attached hydrogens (tertiary/aromatic N) is 2. The number of benzene rings is 1. The van der Waals surface area contributed by atoms with Crippen LogP contribution >= 0.6 is 0 Å². The van der Waals surface area contributed by atoms with E-state index in [1.807, 2.05) is 19.2 Å². The van der Waals surface area contributed by atoms with Crippen LogP contribution in [0.1, 0.15) is 37.6 Å². The fourth-order valence-electron chi connectivity index (χ4n) is 2.24. The minimum atomic E-state index is -0.342. The van der Waals surface area contributed by atoms with Crippen LogP contribution in [0.5, 0.6) is 0 Å². The van der Waals surface area contributed by atoms with E-state index in [4.69, 9.17) is 0 Å². The highest BCUT2D eigenvalue weighted by Crippen LogP contribution is 2.30. The van der Waals surface area contributed by atoms with Crippen LogP contribution in [0, 0.1) is 24.0 Å². The third kappa shape index (κ3) is 3.10. The summed E-state index contributed by atoms with van der Waals surface area (Å²) in [5.41, 5.74) is 4.66. The van der Waals surface area contributed by atoms with Crippen molar-refractivity contribution in [2.75, 3.05) is 0 Å². The normalized spacial score (nSPS) is 11.5. The topological polar surface area (TPSA) is 56.0 Å². The Morgan fingerprint density at radius 1 is 1.10 bits per heavy atom. The van der Waals surface area contributed by atoms with Gasteiger partial charge in [-0.05, 0) is 31.0 Å². The summed E-state index contributed by atoms with van der Waals surface area (Å²) in [4.78, 5) is 15.2. The van der Waals surface area contributed by atoms with Gasteiger partial charge in [0, 0.05) is 34.5 Å². The van der Waals surface area contributed by atoms with Gasteiger partial charge in [-0.1, -0.05) is 32.9 Å². The minimum Gasteiger partial charge on any atom is -0.260 e. The Morgan fingerprint density at radius 3 is 2.29 bits per heavy atom. The van der Waals surface area contributed by atoms with Crippen molar-refractivity contribution >= 4 is 5.69 Å². The van der Waals surface area contributed by atoms with Crippen molar-refractivity contribution in [2.45, 2.75) is 40.0 Å². The molecule has 0 spiro atoms. The third-order valence-electron chi connectivity index (χ3n) is 3.60. The number of aryl methyl sites for hydroxylation is 2. The van der Waals surface area contributed by atoms with E-state index in [1.165, 1.54) is 0 Å². The molecule has 0 aliphatic heterocycles. The van der Waals surface area contributed by atoms with Gasteiger partial charge < -0.3 is 0 Å². The SMILES string of the molecule is Cc1cc(C(C)(C)C)ncc1-c1ccc(C)c([N+](=O)[O-])c1. The van der Waals surface area contributed by atoms with Gasteiger partial charge in [0.15, 0.2) is 0 Å². The minimum absolute atomic E-state index is 0.0113. The van der Waals surface area contributed by atoms with Crippen molar-refractivity contribution in [1.29, 1.82) is 0 Å². The number of nitro benzene ring substituents is 1. The second kappa shape index (κ2) is 5.28. The number of hydrogen-bond donors (Lipinski definition) is 0. The molecule has 0 aliphatic rings. The van der Waals surface area contributed by atoms with Crippen molar-refractivity contribution in [3.8, 4) is 11.1 Å². The van der Waals surface area contributed by atoms with Gasteiger partial charge in [-0.25, -0.2) is 0 Å². The Morgan fingerprint density at radius 2 is 1.76 bits per heavy atom. The van der Waals surface area contributed by atoms with E-state index < -0.39 is 0 Å². The van der Waals surface area contributed by atoms with E-state index in [1.54, 1.807) is 19.1 Å². The standard InChI is InChI=1S/C17H20N2O2/c1-11-6-7-13(9-15(11)19(20)21)14-10-18-16(8-12(14)2)17(3,4)5/h6-10H,1-5H3. The number of hydrogen-bond acceptors (Lipinski definition) is 3. The maximum Gasteiger partial charge on any atom is 0.272 e. The molecule has 4 nitrogen and oxygen atoms in total. The molecule has 1 aromatic heterocycles. The first-order valence-corrected chi connectivity index (χ1v) is 6.92. The molecule has 0 unspecified atom stereocenters. The molecule has 0 N–H and O–H groups in total. The summed E-state index contributed by atoms with van der Waals surface area (Å²) in [6, 6.07) is 7.37. The second-order valence-electron chi connectivity index (χ2n) is 6.39. The molecule has 0 saturated heterocycles. The van der Waals surface area contributed by atoms with E-state index in [2.05, 4.69) is 31.8 Å². The fourth-order valence-corrected chi connectivity index (χ4v) is 2.24. The number of rotatable bonds is 2. The zero-order valence-electron chi connectivity index (χ0n) is 13.1. The van der Waals surface area contributed by atoms with Crippen LogP contribution in [-0.4, -0.2) is 9.91 Å². The molecule has 21 heavy (non-hydrogen) atoms. The fraction of sp³-hybridized carbons (Fsp3) is 0.353. The van der Waals surface area contributed by atoms with Crippen LogP contribution in [0.2, 0.25) is 0 Å². The van der Waals surface area contributed by atoms with Crippen molar-refractivity contribution in [3.63, 3.8) is 0 Å². The van der Waals surface area contributed by atoms with Gasteiger partial charge in [-0.2, -0.15) is 0 Å². The van der Waals surface area contributed by atoms with Gasteiger partial charge in [-0.15, -0.1) is 0 Å². The molecule has 0 bridgehead atoms. The van der Waals surface area contributed by atoms with Crippen molar-refractivity contribution < 1.29 is 4.92 Å². The lowest BCUT2D eigenvalue weighted by atomic mass is 9.89. The molecule has 0 saturated carbocycles. The zero-order chi connectivity index (χ0) is 15.8. The van der Waals surface area contributed by atoms with E-state index in [9.17, 15) is 10.1 Å². The van der Waals surface area contributed by atoms with Crippen LogP contribution in [0.4, 0.5) is 5.69 Å². The molecule has 110 valence electrons. The summed E-state index contributed by atoms with van der Waals surface area (Å²) in [6.07, 6.45) is 1.81. The van der Waals surface area contributed by atoms with Gasteiger partial charge in [0.05, 0.1) is 4.92 Å². The summed E-state index contributed by atoms with van der Waals surface area (Å²) in [5.74, 6) is 0. The van der Waals surface area contributed by atoms with E-state index >= 15 is 0 Å². The number of pyridine rings is 1. The van der Waals surface area contributed by atoms with Gasteiger partial charge in [0.25, 0.3) is 5.69 Å². The molecule has 0 aliphatic carbocycles. The third-order valence-corrected chi connectivity index (χ3v) is 3.60. The van der Waals surface area contributed by atoms with Crippen LogP contribution in [-0.2, 0) is 5.41 Å². The Bertz CT molecular complexity index is 700. The van der Waals surface area contributed by atoms with Crippen LogP contribution in [0.3, 0.4) is 0 Å². The largest absolute Gasteiger partial charge is 0.272 e. The maximum atomic E-state index is 11.1. The lowest BCUT2D eigenvalue weighted by Gasteiger charge is -2.19. The zero-order valence-corrected chi connectivity index (χ0v) is 13.1. The lowest BCUT2D eigenvalue weighted by Crippen LogP contribution is -2.13. The number of nitro groups is 1. The highest BCUT2D eigenvalue weighted by molar-refractivity contribution is 5.69. The Kier molecular flexibility index (Phi) is 3.81. The van der Waals surface area contributed by atoms with Crippen LogP contribution in [0.25, 0.3) is 11.1 Å². The van der Waals surface area contributed by atoms with E-state index in [0.717, 1.165) is 22.4 Å². The van der Waals surface area contributed by atoms with Crippen molar-refractivity contribution in [1.82, 2.24) is 4.98 Å². The predicted octanol–water partition coefficient (Wildman–Crippen LogP) is 4.57. The Hall–Kier alpha value is -2.23. The predicted molar refractivity (Wildman–Crippen MR) is 84.5 cm³/mol. The smallest absolute Gasteiger partial charge is 0.260 e. The van der Waals surface area contributed by atoms with Gasteiger partial charge in [-0.3, -0.25) is 15.1 Å². The molecule has 4 heteroatoms. The molecule has 1 heterocycles. The van der Waals surface area contributed by atoms with Crippen molar-refractivity contribution in [2.24, 2.45) is 0 Å². The Balaban J connectivity index is 2.53. The molecular weight excluding hydrogens is 264 g/mol. The number of aromatic nitrogens is 1. The van der Waals surface area contributed by atoms with Gasteiger partial charge in [0.1, 0.15) is 0 Å². The summed E-state index contributed by atoms with van der Waals surface area (Å²) in [7, 11) is 0. The molecule has 0 amide bonds. The first-order chi connectivity index (χ1) is 9.70. The first kappa shape index (κ1) is 15.2. The summed E-state index contributed by atoms with van der Waals surface area (Å²) < 4.78 is 0. The van der Waals surface area contributed by atoms with Crippen molar-refractivity contribution in [3.05, 3.63) is 57.4 Å². The van der Waals surface area contributed by atoms with E-state index in [-0.39, 0.29) is 16.0 Å².